The van der Waals surface area contributed by atoms with Crippen molar-refractivity contribution in [2.24, 2.45) is 0 Å². The summed E-state index contributed by atoms with van der Waals surface area (Å²) in [5, 5.41) is 0. The summed E-state index contributed by atoms with van der Waals surface area (Å²) < 4.78 is 0. The van der Waals surface area contributed by atoms with Gasteiger partial charge in [-0.25, -0.2) is 0 Å². The van der Waals surface area contributed by atoms with Gasteiger partial charge in [0.15, 0.2) is 0 Å². The van der Waals surface area contributed by atoms with Crippen molar-refractivity contribution in [3.63, 3.8) is 0 Å². The Balaban J connectivity index is 2.35. The Morgan fingerprint density at radius 2 is 2.07 bits per heavy atom. The summed E-state index contributed by atoms with van der Waals surface area (Å²) in [6, 6.07) is 9.87. The van der Waals surface area contributed by atoms with Gasteiger partial charge in [0.05, 0.1) is 0 Å². The van der Waals surface area contributed by atoms with Crippen molar-refractivity contribution >= 4 is 18.1 Å². The molecular weight excluding hydrogens is 188 g/mol. The molecule has 1 aromatic rings. The lowest BCUT2D eigenvalue weighted by molar-refractivity contribution is -0.116. The monoisotopic (exact) mass is 200 g/mol. The van der Waals surface area contributed by atoms with Crippen LogP contribution in [0.3, 0.4) is 0 Å². The van der Waals surface area contributed by atoms with Gasteiger partial charge in [0, 0.05) is 6.42 Å². The van der Waals surface area contributed by atoms with Gasteiger partial charge < -0.3 is 5.53 Å². The molecule has 15 heavy (non-hydrogen) atoms. The third-order valence-electron chi connectivity index (χ3n) is 1.87. The molecule has 0 saturated heterocycles. The van der Waals surface area contributed by atoms with Gasteiger partial charge in [0.25, 0.3) is 0 Å². The van der Waals surface area contributed by atoms with E-state index in [-0.39, 0.29) is 5.78 Å². The molecule has 0 N–H and O–H groups in total. The third kappa shape index (κ3) is 4.69. The van der Waals surface area contributed by atoms with Crippen LogP contribution in [0.4, 0.5) is 0 Å². The third-order valence-corrected chi connectivity index (χ3v) is 1.87. The molecule has 0 aromatic heterocycles. The van der Waals surface area contributed by atoms with Crippen LogP contribution in [0.25, 0.3) is 11.6 Å². The Labute approximate surface area is 88.7 Å². The highest BCUT2D eigenvalue weighted by atomic mass is 16.1. The topological polar surface area (TPSA) is 53.5 Å². The first-order valence-corrected chi connectivity index (χ1v) is 4.75. The van der Waals surface area contributed by atoms with Gasteiger partial charge in [0.1, 0.15) is 0 Å². The Bertz CT molecular complexity index is 389. The summed E-state index contributed by atoms with van der Waals surface area (Å²) in [5.41, 5.74) is 9.21. The van der Waals surface area contributed by atoms with E-state index in [1.807, 2.05) is 42.5 Å². The predicted molar refractivity (Wildman–Crippen MR) is 59.4 cm³/mol. The fourth-order valence-corrected chi connectivity index (χ4v) is 1.14. The zero-order chi connectivity index (χ0) is 10.9. The number of hydrogen-bond acceptors (Lipinski definition) is 1. The molecule has 0 aliphatic heterocycles. The minimum atomic E-state index is -0.171. The molecule has 0 fully saturated rings. The lowest BCUT2D eigenvalue weighted by Gasteiger charge is -1.90. The van der Waals surface area contributed by atoms with E-state index in [9.17, 15) is 4.79 Å². The van der Waals surface area contributed by atoms with E-state index >= 15 is 0 Å². The van der Waals surface area contributed by atoms with Crippen LogP contribution in [0, 0.1) is 0 Å². The first-order chi connectivity index (χ1) is 7.33. The largest absolute Gasteiger partial charge is 0.361 e. The van der Waals surface area contributed by atoms with Gasteiger partial charge in [0.2, 0.25) is 5.78 Å². The molecule has 0 amide bonds. The number of Topliss-reactive ketones (excluding diaryl/α,β-unsaturated/α-hetero) is 1. The SMILES string of the molecule is [N-]=[N+]=CC(=O)CC/C=C/c1ccccc1. The maximum absolute atomic E-state index is 10.9. The van der Waals surface area contributed by atoms with Crippen LogP contribution < -0.4 is 0 Å². The molecule has 0 saturated carbocycles. The van der Waals surface area contributed by atoms with Crippen LogP contribution in [0.1, 0.15) is 18.4 Å². The molecule has 0 bridgehead atoms. The molecule has 3 nitrogen and oxygen atoms in total. The first-order valence-electron chi connectivity index (χ1n) is 4.75. The van der Waals surface area contributed by atoms with Crippen molar-refractivity contribution in [2.45, 2.75) is 12.8 Å². The van der Waals surface area contributed by atoms with E-state index in [1.54, 1.807) is 0 Å². The number of rotatable bonds is 5. The Morgan fingerprint density at radius 3 is 2.73 bits per heavy atom. The fourth-order valence-electron chi connectivity index (χ4n) is 1.14. The van der Waals surface area contributed by atoms with E-state index in [4.69, 9.17) is 5.53 Å². The minimum absolute atomic E-state index is 0.171. The number of ketones is 1. The van der Waals surface area contributed by atoms with Gasteiger partial charge in [-0.2, -0.15) is 4.79 Å². The normalized spacial score (nSPS) is 9.87. The minimum Gasteiger partial charge on any atom is -0.361 e. The summed E-state index contributed by atoms with van der Waals surface area (Å²) in [5.74, 6) is -0.171. The molecule has 0 heterocycles. The molecule has 0 aliphatic carbocycles. The highest BCUT2D eigenvalue weighted by Gasteiger charge is 1.98. The van der Waals surface area contributed by atoms with Crippen LogP contribution in [-0.4, -0.2) is 16.8 Å². The Kier molecular flexibility index (Phi) is 4.78. The van der Waals surface area contributed by atoms with Gasteiger partial charge in [-0.1, -0.05) is 42.5 Å². The molecule has 1 rings (SSSR count). The second kappa shape index (κ2) is 6.46. The lowest BCUT2D eigenvalue weighted by Crippen LogP contribution is -1.97. The van der Waals surface area contributed by atoms with Crippen LogP contribution in [0.15, 0.2) is 36.4 Å². The van der Waals surface area contributed by atoms with Gasteiger partial charge in [-0.3, -0.25) is 4.79 Å². The number of carbonyl (C=O) groups excluding carboxylic acids is 1. The van der Waals surface area contributed by atoms with E-state index < -0.39 is 0 Å². The highest BCUT2D eigenvalue weighted by Crippen LogP contribution is 2.02. The van der Waals surface area contributed by atoms with Gasteiger partial charge >= 0.3 is 6.21 Å². The van der Waals surface area contributed by atoms with Crippen LogP contribution in [-0.2, 0) is 4.79 Å². The number of benzene rings is 1. The van der Waals surface area contributed by atoms with E-state index in [1.165, 1.54) is 0 Å². The smallest absolute Gasteiger partial charge is 0.323 e. The fraction of sp³-hybridized carbons (Fsp3) is 0.167. The summed E-state index contributed by atoms with van der Waals surface area (Å²) in [7, 11) is 0. The second-order valence-electron chi connectivity index (χ2n) is 3.06. The zero-order valence-electron chi connectivity index (χ0n) is 8.34. The molecule has 76 valence electrons. The maximum atomic E-state index is 10.9. The maximum Gasteiger partial charge on any atom is 0.323 e. The Morgan fingerprint density at radius 1 is 1.33 bits per heavy atom. The van der Waals surface area contributed by atoms with Crippen molar-refractivity contribution in [3.05, 3.63) is 47.5 Å². The quantitative estimate of drug-likeness (QED) is 0.409. The molecule has 0 atom stereocenters. The second-order valence-corrected chi connectivity index (χ2v) is 3.06. The van der Waals surface area contributed by atoms with Crippen molar-refractivity contribution < 1.29 is 9.58 Å². The molecule has 0 unspecified atom stereocenters. The van der Waals surface area contributed by atoms with E-state index in [0.29, 0.717) is 12.8 Å². The van der Waals surface area contributed by atoms with E-state index in [2.05, 4.69) is 4.79 Å². The standard InChI is InChI=1S/C12H12N2O/c13-14-10-12(15)9-5-4-8-11-6-2-1-3-7-11/h1-4,6-8,10H,5,9H2/b8-4+. The number of nitrogens with zero attached hydrogens (tertiary/aromatic N) is 2. The average Bonchev–Trinajstić information content (AvgIpc) is 2.26. The molecule has 0 aliphatic rings. The molecule has 0 radical (unpaired) electrons. The van der Waals surface area contributed by atoms with Gasteiger partial charge in [-0.15, -0.1) is 0 Å². The lowest BCUT2D eigenvalue weighted by atomic mass is 10.1. The summed E-state index contributed by atoms with van der Waals surface area (Å²) in [6.07, 6.45) is 5.84. The summed E-state index contributed by atoms with van der Waals surface area (Å²) in [4.78, 5) is 13.6. The van der Waals surface area contributed by atoms with Crippen molar-refractivity contribution in [3.8, 4) is 0 Å². The first kappa shape index (κ1) is 11.1. The average molecular weight is 200 g/mol. The molecule has 3 heteroatoms. The van der Waals surface area contributed by atoms with E-state index in [0.717, 1.165) is 11.8 Å². The van der Waals surface area contributed by atoms with Crippen LogP contribution in [0.2, 0.25) is 0 Å². The Hall–Kier alpha value is -1.99. The van der Waals surface area contributed by atoms with Crippen LogP contribution in [0.5, 0.6) is 0 Å². The van der Waals surface area contributed by atoms with Gasteiger partial charge in [-0.05, 0) is 12.0 Å². The van der Waals surface area contributed by atoms with Crippen LogP contribution >= 0.6 is 0 Å². The highest BCUT2D eigenvalue weighted by molar-refractivity contribution is 6.25. The summed E-state index contributed by atoms with van der Waals surface area (Å²) >= 11 is 0. The zero-order valence-corrected chi connectivity index (χ0v) is 8.34. The summed E-state index contributed by atoms with van der Waals surface area (Å²) in [6.45, 7) is 0. The molecule has 0 spiro atoms. The number of hydrogen-bond donors (Lipinski definition) is 0. The predicted octanol–water partition coefficient (Wildman–Crippen LogP) is 2.35. The molecule has 1 aromatic carbocycles. The number of allylic oxidation sites excluding steroid dienone is 1. The van der Waals surface area contributed by atoms with Crippen molar-refractivity contribution in [1.82, 2.24) is 0 Å². The number of carbonyl (C=O) groups is 1. The van der Waals surface area contributed by atoms with Crippen molar-refractivity contribution in [1.29, 1.82) is 0 Å². The molecular formula is C12H12N2O. The van der Waals surface area contributed by atoms with Crippen molar-refractivity contribution in [2.75, 3.05) is 0 Å².